The molecule has 2 aromatic carbocycles. The monoisotopic (exact) mass is 264 g/mol. The van der Waals surface area contributed by atoms with Crippen molar-refractivity contribution in [3.63, 3.8) is 0 Å². The summed E-state index contributed by atoms with van der Waals surface area (Å²) in [6.07, 6.45) is -0.836. The van der Waals surface area contributed by atoms with Crippen LogP contribution in [0, 0.1) is 19.7 Å². The fourth-order valence-electron chi connectivity index (χ4n) is 1.92. The normalized spacial score (nSPS) is 12.5. The molecule has 0 amide bonds. The molecule has 0 aromatic heterocycles. The highest BCUT2D eigenvalue weighted by Crippen LogP contribution is 2.27. The minimum atomic E-state index is -0.836. The Hall–Kier alpha value is -1.38. The second-order valence-electron chi connectivity index (χ2n) is 4.44. The topological polar surface area (TPSA) is 20.2 Å². The summed E-state index contributed by atoms with van der Waals surface area (Å²) in [4.78, 5) is 0. The van der Waals surface area contributed by atoms with E-state index in [0.717, 1.165) is 16.7 Å². The summed E-state index contributed by atoms with van der Waals surface area (Å²) in [7, 11) is 0. The Labute approximate surface area is 111 Å². The summed E-state index contributed by atoms with van der Waals surface area (Å²) in [6, 6.07) is 10.2. The molecule has 2 aromatic rings. The SMILES string of the molecule is Cc1ccc(C)c(C(O)c2ccc(Cl)c(F)c2)c1. The molecule has 0 spiro atoms. The first kappa shape index (κ1) is 13.1. The van der Waals surface area contributed by atoms with E-state index in [1.807, 2.05) is 32.0 Å². The van der Waals surface area contributed by atoms with Gasteiger partial charge >= 0.3 is 0 Å². The Morgan fingerprint density at radius 1 is 1.11 bits per heavy atom. The van der Waals surface area contributed by atoms with E-state index >= 15 is 0 Å². The van der Waals surface area contributed by atoms with Crippen LogP contribution >= 0.6 is 11.6 Å². The van der Waals surface area contributed by atoms with E-state index in [1.165, 1.54) is 12.1 Å². The molecule has 0 saturated carbocycles. The van der Waals surface area contributed by atoms with Crippen molar-refractivity contribution in [2.24, 2.45) is 0 Å². The summed E-state index contributed by atoms with van der Waals surface area (Å²) in [5, 5.41) is 10.4. The smallest absolute Gasteiger partial charge is 0.142 e. The molecule has 1 N–H and O–H groups in total. The van der Waals surface area contributed by atoms with Crippen LogP contribution in [0.25, 0.3) is 0 Å². The van der Waals surface area contributed by atoms with Gasteiger partial charge in [-0.1, -0.05) is 41.4 Å². The maximum atomic E-state index is 13.4. The van der Waals surface area contributed by atoms with Crippen LogP contribution in [-0.2, 0) is 0 Å². The first-order valence-electron chi connectivity index (χ1n) is 5.69. The highest BCUT2D eigenvalue weighted by molar-refractivity contribution is 6.30. The summed E-state index contributed by atoms with van der Waals surface area (Å²) < 4.78 is 13.4. The molecule has 94 valence electrons. The predicted octanol–water partition coefficient (Wildman–Crippen LogP) is 4.18. The summed E-state index contributed by atoms with van der Waals surface area (Å²) in [6.45, 7) is 3.88. The first-order chi connectivity index (χ1) is 8.49. The van der Waals surface area contributed by atoms with Crippen LogP contribution < -0.4 is 0 Å². The Bertz CT molecular complexity index is 581. The molecular formula is C15H14ClFO. The standard InChI is InChI=1S/C15H14ClFO/c1-9-3-4-10(2)12(7-9)15(18)11-5-6-13(16)14(17)8-11/h3-8,15,18H,1-2H3. The zero-order valence-corrected chi connectivity index (χ0v) is 11.0. The Kier molecular flexibility index (Phi) is 3.69. The van der Waals surface area contributed by atoms with Crippen molar-refractivity contribution in [3.8, 4) is 0 Å². The van der Waals surface area contributed by atoms with Crippen molar-refractivity contribution < 1.29 is 9.50 Å². The lowest BCUT2D eigenvalue weighted by molar-refractivity contribution is 0.219. The van der Waals surface area contributed by atoms with Gasteiger partial charge in [0.1, 0.15) is 11.9 Å². The maximum absolute atomic E-state index is 13.4. The fraction of sp³-hybridized carbons (Fsp3) is 0.200. The molecule has 0 saturated heterocycles. The molecular weight excluding hydrogens is 251 g/mol. The van der Waals surface area contributed by atoms with Gasteiger partial charge < -0.3 is 5.11 Å². The Morgan fingerprint density at radius 3 is 2.50 bits per heavy atom. The molecule has 18 heavy (non-hydrogen) atoms. The van der Waals surface area contributed by atoms with Gasteiger partial charge in [-0.05, 0) is 42.7 Å². The van der Waals surface area contributed by atoms with Crippen molar-refractivity contribution in [3.05, 3.63) is 69.5 Å². The van der Waals surface area contributed by atoms with Crippen molar-refractivity contribution in [2.45, 2.75) is 20.0 Å². The van der Waals surface area contributed by atoms with Gasteiger partial charge in [-0.2, -0.15) is 0 Å². The maximum Gasteiger partial charge on any atom is 0.142 e. The van der Waals surface area contributed by atoms with Crippen LogP contribution in [-0.4, -0.2) is 5.11 Å². The van der Waals surface area contributed by atoms with Crippen molar-refractivity contribution in [2.75, 3.05) is 0 Å². The van der Waals surface area contributed by atoms with E-state index < -0.39 is 11.9 Å². The molecule has 1 unspecified atom stereocenters. The molecule has 0 fully saturated rings. The van der Waals surface area contributed by atoms with Gasteiger partial charge in [-0.15, -0.1) is 0 Å². The number of benzene rings is 2. The molecule has 0 aliphatic rings. The summed E-state index contributed by atoms with van der Waals surface area (Å²) in [5.41, 5.74) is 3.33. The van der Waals surface area contributed by atoms with Gasteiger partial charge in [0.2, 0.25) is 0 Å². The molecule has 0 aliphatic carbocycles. The van der Waals surface area contributed by atoms with E-state index in [1.54, 1.807) is 6.07 Å². The predicted molar refractivity (Wildman–Crippen MR) is 71.4 cm³/mol. The number of aryl methyl sites for hydroxylation is 2. The van der Waals surface area contributed by atoms with Gasteiger partial charge in [0, 0.05) is 0 Å². The van der Waals surface area contributed by atoms with E-state index in [2.05, 4.69) is 0 Å². The Morgan fingerprint density at radius 2 is 1.83 bits per heavy atom. The van der Waals surface area contributed by atoms with E-state index in [4.69, 9.17) is 11.6 Å². The van der Waals surface area contributed by atoms with Gasteiger partial charge in [0.15, 0.2) is 0 Å². The zero-order chi connectivity index (χ0) is 13.3. The lowest BCUT2D eigenvalue weighted by atomic mass is 9.96. The lowest BCUT2D eigenvalue weighted by Crippen LogP contribution is -2.03. The van der Waals surface area contributed by atoms with Crippen LogP contribution in [0.15, 0.2) is 36.4 Å². The quantitative estimate of drug-likeness (QED) is 0.863. The van der Waals surface area contributed by atoms with E-state index in [9.17, 15) is 9.50 Å². The molecule has 0 aliphatic heterocycles. The molecule has 3 heteroatoms. The van der Waals surface area contributed by atoms with Gasteiger partial charge in [0.25, 0.3) is 0 Å². The highest BCUT2D eigenvalue weighted by Gasteiger charge is 2.14. The van der Waals surface area contributed by atoms with Crippen LogP contribution in [0.1, 0.15) is 28.4 Å². The lowest BCUT2D eigenvalue weighted by Gasteiger charge is -2.15. The Balaban J connectivity index is 2.44. The average Bonchev–Trinajstić information content (AvgIpc) is 2.35. The highest BCUT2D eigenvalue weighted by atomic mass is 35.5. The number of aliphatic hydroxyl groups is 1. The minimum absolute atomic E-state index is 0.0620. The first-order valence-corrected chi connectivity index (χ1v) is 6.07. The fourth-order valence-corrected chi connectivity index (χ4v) is 2.03. The largest absolute Gasteiger partial charge is 0.384 e. The zero-order valence-electron chi connectivity index (χ0n) is 10.2. The number of halogens is 2. The van der Waals surface area contributed by atoms with Crippen molar-refractivity contribution in [1.82, 2.24) is 0 Å². The van der Waals surface area contributed by atoms with Crippen molar-refractivity contribution in [1.29, 1.82) is 0 Å². The average molecular weight is 265 g/mol. The summed E-state index contributed by atoms with van der Waals surface area (Å²) >= 11 is 5.63. The second kappa shape index (κ2) is 5.09. The third-order valence-corrected chi connectivity index (χ3v) is 3.30. The molecule has 2 rings (SSSR count). The minimum Gasteiger partial charge on any atom is -0.384 e. The van der Waals surface area contributed by atoms with Crippen LogP contribution in [0.5, 0.6) is 0 Å². The number of aliphatic hydroxyl groups excluding tert-OH is 1. The van der Waals surface area contributed by atoms with Crippen molar-refractivity contribution >= 4 is 11.6 Å². The number of hydrogen-bond donors (Lipinski definition) is 1. The number of rotatable bonds is 2. The third-order valence-electron chi connectivity index (χ3n) is 2.99. The van der Waals surface area contributed by atoms with Gasteiger partial charge in [-0.25, -0.2) is 4.39 Å². The van der Waals surface area contributed by atoms with Gasteiger partial charge in [0.05, 0.1) is 5.02 Å². The van der Waals surface area contributed by atoms with E-state index in [-0.39, 0.29) is 5.02 Å². The summed E-state index contributed by atoms with van der Waals surface area (Å²) in [5.74, 6) is -0.515. The third kappa shape index (κ3) is 2.55. The van der Waals surface area contributed by atoms with Gasteiger partial charge in [-0.3, -0.25) is 0 Å². The van der Waals surface area contributed by atoms with Crippen LogP contribution in [0.3, 0.4) is 0 Å². The van der Waals surface area contributed by atoms with E-state index in [0.29, 0.717) is 5.56 Å². The van der Waals surface area contributed by atoms with Crippen LogP contribution in [0.2, 0.25) is 5.02 Å². The molecule has 1 nitrogen and oxygen atoms in total. The van der Waals surface area contributed by atoms with Crippen LogP contribution in [0.4, 0.5) is 4.39 Å². The second-order valence-corrected chi connectivity index (χ2v) is 4.84. The molecule has 0 radical (unpaired) electrons. The molecule has 0 heterocycles. The number of hydrogen-bond acceptors (Lipinski definition) is 1. The molecule has 0 bridgehead atoms. The molecule has 1 atom stereocenters.